The van der Waals surface area contributed by atoms with Gasteiger partial charge >= 0.3 is 17.9 Å². The van der Waals surface area contributed by atoms with E-state index in [0.29, 0.717) is 19.3 Å². The minimum atomic E-state index is -0.766. The number of rotatable bonds is 45. The van der Waals surface area contributed by atoms with Crippen LogP contribution in [0.4, 0.5) is 0 Å². The van der Waals surface area contributed by atoms with Crippen LogP contribution in [0.15, 0.2) is 12.2 Å². The molecule has 0 aliphatic rings. The van der Waals surface area contributed by atoms with Gasteiger partial charge in [-0.1, -0.05) is 219 Å². The van der Waals surface area contributed by atoms with Gasteiger partial charge in [0.25, 0.3) is 0 Å². The number of hydrogen-bond acceptors (Lipinski definition) is 6. The van der Waals surface area contributed by atoms with Crippen LogP contribution >= 0.6 is 0 Å². The summed E-state index contributed by atoms with van der Waals surface area (Å²) in [6.45, 7) is 6.63. The predicted molar refractivity (Wildman–Crippen MR) is 238 cm³/mol. The quantitative estimate of drug-likeness (QED) is 0.0264. The Labute approximate surface area is 348 Å². The van der Waals surface area contributed by atoms with Crippen molar-refractivity contribution in [3.05, 3.63) is 12.2 Å². The van der Waals surface area contributed by atoms with Crippen molar-refractivity contribution >= 4 is 17.9 Å². The molecule has 0 aliphatic carbocycles. The zero-order valence-electron chi connectivity index (χ0n) is 37.7. The van der Waals surface area contributed by atoms with Crippen LogP contribution < -0.4 is 0 Å². The monoisotopic (exact) mass is 791 g/mol. The Morgan fingerprint density at radius 2 is 0.589 bits per heavy atom. The first-order valence-electron chi connectivity index (χ1n) is 24.7. The molecule has 0 saturated carbocycles. The molecule has 0 heterocycles. The zero-order valence-corrected chi connectivity index (χ0v) is 37.7. The summed E-state index contributed by atoms with van der Waals surface area (Å²) in [4.78, 5) is 37.8. The van der Waals surface area contributed by atoms with E-state index in [-0.39, 0.29) is 31.1 Å². The van der Waals surface area contributed by atoms with Crippen molar-refractivity contribution in [3.63, 3.8) is 0 Å². The highest BCUT2D eigenvalue weighted by molar-refractivity contribution is 5.71. The predicted octanol–water partition coefficient (Wildman–Crippen LogP) is 15.8. The van der Waals surface area contributed by atoms with Crippen LogP contribution in [0.2, 0.25) is 0 Å². The highest BCUT2D eigenvalue weighted by atomic mass is 16.6. The van der Waals surface area contributed by atoms with Crippen molar-refractivity contribution in [3.8, 4) is 0 Å². The van der Waals surface area contributed by atoms with Gasteiger partial charge in [0.1, 0.15) is 13.2 Å². The van der Waals surface area contributed by atoms with Gasteiger partial charge in [-0.2, -0.15) is 0 Å². The maximum Gasteiger partial charge on any atom is 0.306 e. The summed E-state index contributed by atoms with van der Waals surface area (Å²) in [6.07, 6.45) is 49.0. The maximum absolute atomic E-state index is 12.7. The van der Waals surface area contributed by atoms with Gasteiger partial charge < -0.3 is 14.2 Å². The molecule has 0 fully saturated rings. The molecule has 0 bridgehead atoms. The lowest BCUT2D eigenvalue weighted by atomic mass is 10.0. The van der Waals surface area contributed by atoms with E-state index < -0.39 is 6.10 Å². The smallest absolute Gasteiger partial charge is 0.306 e. The Hall–Kier alpha value is -1.85. The minimum Gasteiger partial charge on any atom is -0.462 e. The fourth-order valence-electron chi connectivity index (χ4n) is 7.26. The van der Waals surface area contributed by atoms with Crippen molar-refractivity contribution in [1.29, 1.82) is 0 Å². The molecule has 6 heteroatoms. The molecule has 330 valence electrons. The summed E-state index contributed by atoms with van der Waals surface area (Å²) in [5.74, 6) is -0.865. The summed E-state index contributed by atoms with van der Waals surface area (Å²) < 4.78 is 16.8. The van der Waals surface area contributed by atoms with E-state index in [9.17, 15) is 14.4 Å². The van der Waals surface area contributed by atoms with Crippen LogP contribution in [-0.2, 0) is 28.6 Å². The molecule has 0 aromatic carbocycles. The average molecular weight is 791 g/mol. The SMILES string of the molecule is CCCCC/C=C\CCCCCCCC(=O)OC(COC(=O)CCCCCCCCCCCCCC)COC(=O)CCCCCCCCCCCCCCCC. The topological polar surface area (TPSA) is 78.9 Å². The lowest BCUT2D eigenvalue weighted by molar-refractivity contribution is -0.167. The van der Waals surface area contributed by atoms with E-state index in [1.165, 1.54) is 167 Å². The van der Waals surface area contributed by atoms with Crippen LogP contribution in [0.3, 0.4) is 0 Å². The van der Waals surface area contributed by atoms with Crippen molar-refractivity contribution in [2.45, 2.75) is 277 Å². The van der Waals surface area contributed by atoms with Gasteiger partial charge in [-0.25, -0.2) is 0 Å². The van der Waals surface area contributed by atoms with Crippen molar-refractivity contribution in [2.24, 2.45) is 0 Å². The molecule has 0 spiro atoms. The van der Waals surface area contributed by atoms with Gasteiger partial charge in [0, 0.05) is 19.3 Å². The summed E-state index contributed by atoms with van der Waals surface area (Å²) in [5, 5.41) is 0. The molecule has 1 atom stereocenters. The minimum absolute atomic E-state index is 0.0684. The number of unbranched alkanes of at least 4 members (excludes halogenated alkanes) is 32. The van der Waals surface area contributed by atoms with Crippen molar-refractivity contribution < 1.29 is 28.6 Å². The summed E-state index contributed by atoms with van der Waals surface area (Å²) in [7, 11) is 0. The molecular weight excluding hydrogens is 697 g/mol. The fraction of sp³-hybridized carbons (Fsp3) is 0.900. The average Bonchev–Trinajstić information content (AvgIpc) is 3.19. The fourth-order valence-corrected chi connectivity index (χ4v) is 7.26. The number of carbonyl (C=O) groups excluding carboxylic acids is 3. The molecule has 0 amide bonds. The Morgan fingerprint density at radius 1 is 0.339 bits per heavy atom. The number of hydrogen-bond donors (Lipinski definition) is 0. The third-order valence-corrected chi connectivity index (χ3v) is 11.0. The largest absolute Gasteiger partial charge is 0.462 e. The first-order chi connectivity index (χ1) is 27.5. The number of esters is 3. The van der Waals surface area contributed by atoms with E-state index in [4.69, 9.17) is 14.2 Å². The number of ether oxygens (including phenoxy) is 3. The lowest BCUT2D eigenvalue weighted by Crippen LogP contribution is -2.30. The second-order valence-corrected chi connectivity index (χ2v) is 16.7. The van der Waals surface area contributed by atoms with Gasteiger partial charge in [-0.15, -0.1) is 0 Å². The Balaban J connectivity index is 4.33. The van der Waals surface area contributed by atoms with E-state index in [1.54, 1.807) is 0 Å². The molecule has 0 aliphatic heterocycles. The van der Waals surface area contributed by atoms with Gasteiger partial charge in [0.2, 0.25) is 0 Å². The summed E-state index contributed by atoms with van der Waals surface area (Å²) >= 11 is 0. The van der Waals surface area contributed by atoms with E-state index >= 15 is 0 Å². The first-order valence-corrected chi connectivity index (χ1v) is 24.7. The van der Waals surface area contributed by atoms with Gasteiger partial charge in [-0.05, 0) is 44.9 Å². The van der Waals surface area contributed by atoms with E-state index in [2.05, 4.69) is 32.9 Å². The standard InChI is InChI=1S/C50H94O6/c1-4-7-10-13-16-19-22-25-26-29-31-34-37-40-43-49(52)55-46-47(56-50(53)44-41-38-35-32-28-24-21-18-15-12-9-6-3)45-54-48(51)42-39-36-33-30-27-23-20-17-14-11-8-5-2/h18,21,47H,4-17,19-20,22-46H2,1-3H3/b21-18-. The van der Waals surface area contributed by atoms with E-state index in [1.807, 2.05) is 0 Å². The Bertz CT molecular complexity index is 870. The molecule has 0 aromatic rings. The lowest BCUT2D eigenvalue weighted by Gasteiger charge is -2.18. The molecule has 0 aromatic heterocycles. The van der Waals surface area contributed by atoms with Crippen LogP contribution in [0.1, 0.15) is 271 Å². The summed E-state index contributed by atoms with van der Waals surface area (Å²) in [5.41, 5.74) is 0. The molecule has 0 rings (SSSR count). The molecule has 0 radical (unpaired) electrons. The Morgan fingerprint density at radius 3 is 0.929 bits per heavy atom. The highest BCUT2D eigenvalue weighted by Gasteiger charge is 2.19. The molecule has 6 nitrogen and oxygen atoms in total. The number of carbonyl (C=O) groups is 3. The molecule has 0 N–H and O–H groups in total. The zero-order chi connectivity index (χ0) is 40.8. The molecule has 1 unspecified atom stereocenters. The van der Waals surface area contributed by atoms with Gasteiger partial charge in [0.05, 0.1) is 0 Å². The van der Waals surface area contributed by atoms with Crippen LogP contribution in [0, 0.1) is 0 Å². The van der Waals surface area contributed by atoms with Crippen LogP contribution in [0.5, 0.6) is 0 Å². The Kier molecular flexibility index (Phi) is 44.3. The second kappa shape index (κ2) is 45.8. The van der Waals surface area contributed by atoms with E-state index in [0.717, 1.165) is 64.2 Å². The third kappa shape index (κ3) is 43.3. The third-order valence-electron chi connectivity index (χ3n) is 11.0. The van der Waals surface area contributed by atoms with Gasteiger partial charge in [-0.3, -0.25) is 14.4 Å². The summed E-state index contributed by atoms with van der Waals surface area (Å²) in [6, 6.07) is 0. The number of allylic oxidation sites excluding steroid dienone is 2. The second-order valence-electron chi connectivity index (χ2n) is 16.7. The normalized spacial score (nSPS) is 12.0. The first kappa shape index (κ1) is 54.2. The maximum atomic E-state index is 12.7. The van der Waals surface area contributed by atoms with Gasteiger partial charge in [0.15, 0.2) is 6.10 Å². The molecular formula is C50H94O6. The van der Waals surface area contributed by atoms with Crippen LogP contribution in [0.25, 0.3) is 0 Å². The van der Waals surface area contributed by atoms with Crippen molar-refractivity contribution in [1.82, 2.24) is 0 Å². The highest BCUT2D eigenvalue weighted by Crippen LogP contribution is 2.16. The molecule has 0 saturated heterocycles. The van der Waals surface area contributed by atoms with Crippen molar-refractivity contribution in [2.75, 3.05) is 13.2 Å². The van der Waals surface area contributed by atoms with Crippen LogP contribution in [-0.4, -0.2) is 37.2 Å². The molecule has 56 heavy (non-hydrogen) atoms.